The minimum atomic E-state index is -0.755. The van der Waals surface area contributed by atoms with Crippen molar-refractivity contribution in [2.45, 2.75) is 38.6 Å². The number of benzene rings is 2. The van der Waals surface area contributed by atoms with Crippen molar-refractivity contribution >= 4 is 23.4 Å². The van der Waals surface area contributed by atoms with E-state index < -0.39 is 23.1 Å². The van der Waals surface area contributed by atoms with Crippen LogP contribution in [0.15, 0.2) is 47.3 Å². The number of rotatable bonds is 6. The highest BCUT2D eigenvalue weighted by Crippen LogP contribution is 2.29. The van der Waals surface area contributed by atoms with Crippen molar-refractivity contribution < 1.29 is 18.4 Å². The number of hydrogen-bond donors (Lipinski definition) is 2. The van der Waals surface area contributed by atoms with Crippen LogP contribution in [0.2, 0.25) is 5.02 Å². The van der Waals surface area contributed by atoms with Crippen LogP contribution in [0.3, 0.4) is 0 Å². The molecule has 0 unspecified atom stereocenters. The molecule has 0 aliphatic carbocycles. The standard InChI is InChI=1S/C26H25ClF2N4O3/c1-15-31-24(23(26(36)32-15)25(35)30-14-16-4-2-5-18(27)12-16)17-8-10-33(11-9-17)22(34)13-19-20(28)6-3-7-21(19)29/h2-7,12,17H,8-11,13-14H2,1H3,(H,30,35)(H,31,32,36). The van der Waals surface area contributed by atoms with Crippen LogP contribution in [0.1, 0.15) is 51.8 Å². The monoisotopic (exact) mass is 514 g/mol. The lowest BCUT2D eigenvalue weighted by Crippen LogP contribution is -2.40. The van der Waals surface area contributed by atoms with Crippen LogP contribution < -0.4 is 10.9 Å². The van der Waals surface area contributed by atoms with Gasteiger partial charge in [0.05, 0.1) is 12.1 Å². The zero-order valence-corrected chi connectivity index (χ0v) is 20.4. The Hall–Kier alpha value is -3.59. The molecule has 7 nitrogen and oxygen atoms in total. The molecule has 188 valence electrons. The van der Waals surface area contributed by atoms with Crippen molar-refractivity contribution in [1.82, 2.24) is 20.2 Å². The molecule has 1 saturated heterocycles. The fourth-order valence-electron chi connectivity index (χ4n) is 4.41. The Kier molecular flexibility index (Phi) is 7.79. The zero-order valence-electron chi connectivity index (χ0n) is 19.6. The van der Waals surface area contributed by atoms with E-state index in [2.05, 4.69) is 15.3 Å². The Morgan fingerprint density at radius 3 is 2.47 bits per heavy atom. The van der Waals surface area contributed by atoms with Gasteiger partial charge in [0.1, 0.15) is 23.0 Å². The first-order valence-electron chi connectivity index (χ1n) is 11.6. The van der Waals surface area contributed by atoms with Crippen molar-refractivity contribution in [3.8, 4) is 0 Å². The molecule has 2 aromatic carbocycles. The average molecular weight is 515 g/mol. The highest BCUT2D eigenvalue weighted by atomic mass is 35.5. The molecule has 1 aliphatic rings. The summed E-state index contributed by atoms with van der Waals surface area (Å²) in [5, 5.41) is 3.29. The quantitative estimate of drug-likeness (QED) is 0.522. The predicted molar refractivity (Wildman–Crippen MR) is 131 cm³/mol. The third-order valence-corrected chi connectivity index (χ3v) is 6.49. The van der Waals surface area contributed by atoms with Crippen LogP contribution in [0.4, 0.5) is 8.78 Å². The van der Waals surface area contributed by atoms with Gasteiger partial charge in [0.15, 0.2) is 0 Å². The maximum atomic E-state index is 14.0. The van der Waals surface area contributed by atoms with Crippen molar-refractivity contribution in [2.75, 3.05) is 13.1 Å². The molecule has 3 aromatic rings. The van der Waals surface area contributed by atoms with Crippen LogP contribution in [0.25, 0.3) is 0 Å². The molecule has 1 fully saturated rings. The summed E-state index contributed by atoms with van der Waals surface area (Å²) in [6, 6.07) is 10.5. The molecule has 0 spiro atoms. The number of aromatic nitrogens is 2. The molecule has 0 atom stereocenters. The smallest absolute Gasteiger partial charge is 0.264 e. The molecule has 4 rings (SSSR count). The van der Waals surface area contributed by atoms with E-state index >= 15 is 0 Å². The molecule has 0 radical (unpaired) electrons. The summed E-state index contributed by atoms with van der Waals surface area (Å²) in [6.07, 6.45) is 0.536. The van der Waals surface area contributed by atoms with Crippen LogP contribution in [0.5, 0.6) is 0 Å². The number of carbonyl (C=O) groups excluding carboxylic acids is 2. The summed E-state index contributed by atoms with van der Waals surface area (Å²) < 4.78 is 27.9. The molecule has 2 heterocycles. The maximum absolute atomic E-state index is 14.0. The van der Waals surface area contributed by atoms with E-state index in [1.807, 2.05) is 6.07 Å². The Morgan fingerprint density at radius 1 is 1.14 bits per heavy atom. The summed E-state index contributed by atoms with van der Waals surface area (Å²) in [4.78, 5) is 47.0. The summed E-state index contributed by atoms with van der Waals surface area (Å²) in [5.41, 5.74) is 0.324. The topological polar surface area (TPSA) is 95.2 Å². The number of halogens is 3. The summed E-state index contributed by atoms with van der Waals surface area (Å²) in [5.74, 6) is -2.29. The first-order valence-corrected chi connectivity index (χ1v) is 11.9. The molecule has 0 saturated carbocycles. The van der Waals surface area contributed by atoms with E-state index in [-0.39, 0.29) is 35.9 Å². The summed E-state index contributed by atoms with van der Waals surface area (Å²) >= 11 is 6.00. The Balaban J connectivity index is 1.46. The average Bonchev–Trinajstić information content (AvgIpc) is 2.84. The van der Waals surface area contributed by atoms with Crippen LogP contribution in [0, 0.1) is 18.6 Å². The Morgan fingerprint density at radius 2 is 1.81 bits per heavy atom. The normalized spacial score (nSPS) is 14.1. The van der Waals surface area contributed by atoms with E-state index in [0.717, 1.165) is 17.7 Å². The van der Waals surface area contributed by atoms with E-state index in [0.29, 0.717) is 42.5 Å². The van der Waals surface area contributed by atoms with Gasteiger partial charge in [-0.25, -0.2) is 13.8 Å². The number of nitrogens with zero attached hydrogens (tertiary/aromatic N) is 2. The first kappa shape index (κ1) is 25.5. The first-order chi connectivity index (χ1) is 17.2. The highest BCUT2D eigenvalue weighted by Gasteiger charge is 2.30. The molecular formula is C26H25ClF2N4O3. The molecule has 36 heavy (non-hydrogen) atoms. The number of likely N-dealkylation sites (tertiary alicyclic amines) is 1. The minimum absolute atomic E-state index is 0.0548. The fraction of sp³-hybridized carbons (Fsp3) is 0.308. The Bertz CT molecular complexity index is 1330. The lowest BCUT2D eigenvalue weighted by molar-refractivity contribution is -0.131. The van der Waals surface area contributed by atoms with Crippen LogP contribution in [-0.4, -0.2) is 39.8 Å². The second-order valence-electron chi connectivity index (χ2n) is 8.76. The van der Waals surface area contributed by atoms with Crippen molar-refractivity contribution in [1.29, 1.82) is 0 Å². The van der Waals surface area contributed by atoms with Gasteiger partial charge in [-0.05, 0) is 49.6 Å². The molecular weight excluding hydrogens is 490 g/mol. The van der Waals surface area contributed by atoms with Gasteiger partial charge in [-0.3, -0.25) is 14.4 Å². The summed E-state index contributed by atoms with van der Waals surface area (Å²) in [7, 11) is 0. The number of nitrogens with one attached hydrogen (secondary N) is 2. The number of aryl methyl sites for hydroxylation is 1. The van der Waals surface area contributed by atoms with Gasteiger partial charge in [-0.15, -0.1) is 0 Å². The number of carbonyl (C=O) groups is 2. The van der Waals surface area contributed by atoms with Gasteiger partial charge in [-0.1, -0.05) is 29.8 Å². The number of H-pyrrole nitrogens is 1. The number of hydrogen-bond acceptors (Lipinski definition) is 4. The molecule has 0 bridgehead atoms. The van der Waals surface area contributed by atoms with Gasteiger partial charge in [-0.2, -0.15) is 0 Å². The highest BCUT2D eigenvalue weighted by molar-refractivity contribution is 6.30. The number of piperidine rings is 1. The van der Waals surface area contributed by atoms with E-state index in [1.54, 1.807) is 30.0 Å². The molecule has 1 aliphatic heterocycles. The summed E-state index contributed by atoms with van der Waals surface area (Å²) in [6.45, 7) is 2.46. The molecule has 2 N–H and O–H groups in total. The lowest BCUT2D eigenvalue weighted by atomic mass is 9.90. The van der Waals surface area contributed by atoms with Gasteiger partial charge in [0, 0.05) is 36.1 Å². The zero-order chi connectivity index (χ0) is 25.8. The van der Waals surface area contributed by atoms with E-state index in [1.165, 1.54) is 6.07 Å². The van der Waals surface area contributed by atoms with Crippen molar-refractivity contribution in [3.63, 3.8) is 0 Å². The molecule has 2 amide bonds. The second kappa shape index (κ2) is 11.0. The van der Waals surface area contributed by atoms with E-state index in [9.17, 15) is 23.2 Å². The Labute approximate surface area is 211 Å². The van der Waals surface area contributed by atoms with Gasteiger partial charge in [0.2, 0.25) is 5.91 Å². The van der Waals surface area contributed by atoms with E-state index in [4.69, 9.17) is 11.6 Å². The third-order valence-electron chi connectivity index (χ3n) is 6.26. The largest absolute Gasteiger partial charge is 0.348 e. The van der Waals surface area contributed by atoms with Crippen LogP contribution in [-0.2, 0) is 17.8 Å². The lowest BCUT2D eigenvalue weighted by Gasteiger charge is -2.32. The van der Waals surface area contributed by atoms with Crippen LogP contribution >= 0.6 is 11.6 Å². The molecule has 10 heteroatoms. The maximum Gasteiger partial charge on any atom is 0.264 e. The number of amides is 2. The number of aromatic amines is 1. The SMILES string of the molecule is Cc1nc(C2CCN(C(=O)Cc3c(F)cccc3F)CC2)c(C(=O)NCc2cccc(Cl)c2)c(=O)[nH]1. The van der Waals surface area contributed by atoms with Crippen molar-refractivity contribution in [2.24, 2.45) is 0 Å². The third kappa shape index (κ3) is 5.79. The fourth-order valence-corrected chi connectivity index (χ4v) is 4.62. The second-order valence-corrected chi connectivity index (χ2v) is 9.19. The minimum Gasteiger partial charge on any atom is -0.348 e. The molecule has 1 aromatic heterocycles. The van der Waals surface area contributed by atoms with Gasteiger partial charge < -0.3 is 15.2 Å². The van der Waals surface area contributed by atoms with Gasteiger partial charge >= 0.3 is 0 Å². The predicted octanol–water partition coefficient (Wildman–Crippen LogP) is 3.89. The van der Waals surface area contributed by atoms with Gasteiger partial charge in [0.25, 0.3) is 11.5 Å². The van der Waals surface area contributed by atoms with Crippen molar-refractivity contribution in [3.05, 3.63) is 97.7 Å².